The standard InChI is InChI=1S/C15H16ClNO3/c1-10(2)13(16)7-5-11(3)20-14-8-6-12(9-17-14)15(18)19-4/h5-9H,1H2,2-4H3/b11-5+,13-7+. The van der Waals surface area contributed by atoms with Crippen LogP contribution in [0.4, 0.5) is 0 Å². The Kier molecular flexibility index (Phi) is 6.00. The Balaban J connectivity index is 2.74. The van der Waals surface area contributed by atoms with Gasteiger partial charge >= 0.3 is 5.97 Å². The Morgan fingerprint density at radius 2 is 2.05 bits per heavy atom. The lowest BCUT2D eigenvalue weighted by Crippen LogP contribution is -2.02. The van der Waals surface area contributed by atoms with Gasteiger partial charge in [0.25, 0.3) is 0 Å². The highest BCUT2D eigenvalue weighted by Crippen LogP contribution is 2.14. The molecule has 1 rings (SSSR count). The molecule has 0 aromatic carbocycles. The lowest BCUT2D eigenvalue weighted by Gasteiger charge is -2.05. The van der Waals surface area contributed by atoms with Gasteiger partial charge in [0, 0.05) is 17.3 Å². The maximum absolute atomic E-state index is 11.2. The molecule has 0 saturated carbocycles. The summed E-state index contributed by atoms with van der Waals surface area (Å²) < 4.78 is 10.1. The van der Waals surface area contributed by atoms with Crippen molar-refractivity contribution in [2.45, 2.75) is 13.8 Å². The largest absolute Gasteiger partial charge is 0.465 e. The Labute approximate surface area is 123 Å². The molecule has 0 bridgehead atoms. The van der Waals surface area contributed by atoms with E-state index >= 15 is 0 Å². The highest BCUT2D eigenvalue weighted by Gasteiger charge is 2.05. The van der Waals surface area contributed by atoms with Crippen LogP contribution in [0.15, 0.2) is 53.4 Å². The number of esters is 1. The normalized spacial score (nSPS) is 12.0. The molecule has 1 heterocycles. The number of nitrogens with zero attached hydrogens (tertiary/aromatic N) is 1. The molecule has 0 fully saturated rings. The monoisotopic (exact) mass is 293 g/mol. The molecule has 1 aromatic heterocycles. The second-order valence-electron chi connectivity index (χ2n) is 4.05. The van der Waals surface area contributed by atoms with Crippen LogP contribution in [0.25, 0.3) is 0 Å². The van der Waals surface area contributed by atoms with E-state index in [0.29, 0.717) is 22.2 Å². The third kappa shape index (κ3) is 4.90. The average Bonchev–Trinajstić information content (AvgIpc) is 2.44. The van der Waals surface area contributed by atoms with E-state index in [1.165, 1.54) is 13.3 Å². The fraction of sp³-hybridized carbons (Fsp3) is 0.200. The smallest absolute Gasteiger partial charge is 0.339 e. The molecule has 0 radical (unpaired) electrons. The van der Waals surface area contributed by atoms with Gasteiger partial charge in [0.2, 0.25) is 5.88 Å². The maximum atomic E-state index is 11.2. The first kappa shape index (κ1) is 16.0. The second kappa shape index (κ2) is 7.50. The predicted molar refractivity (Wildman–Crippen MR) is 78.7 cm³/mol. The molecular weight excluding hydrogens is 278 g/mol. The molecule has 0 atom stereocenters. The molecule has 0 unspecified atom stereocenters. The molecule has 4 nitrogen and oxygen atoms in total. The van der Waals surface area contributed by atoms with Crippen molar-refractivity contribution < 1.29 is 14.3 Å². The Bertz CT molecular complexity index is 559. The van der Waals surface area contributed by atoms with Gasteiger partial charge in [-0.3, -0.25) is 0 Å². The first-order valence-corrected chi connectivity index (χ1v) is 6.24. The van der Waals surface area contributed by atoms with E-state index in [-0.39, 0.29) is 0 Å². The maximum Gasteiger partial charge on any atom is 0.339 e. The van der Waals surface area contributed by atoms with Crippen LogP contribution in [0, 0.1) is 0 Å². The van der Waals surface area contributed by atoms with E-state index in [0.717, 1.165) is 5.57 Å². The molecule has 0 aliphatic heterocycles. The summed E-state index contributed by atoms with van der Waals surface area (Å²) in [6.07, 6.45) is 4.81. The molecule has 5 heteroatoms. The van der Waals surface area contributed by atoms with Crippen LogP contribution in [0.2, 0.25) is 0 Å². The molecule has 106 valence electrons. The van der Waals surface area contributed by atoms with E-state index in [4.69, 9.17) is 16.3 Å². The third-order valence-corrected chi connectivity index (χ3v) is 2.74. The topological polar surface area (TPSA) is 48.4 Å². The number of allylic oxidation sites excluding steroid dienone is 5. The van der Waals surface area contributed by atoms with Crippen LogP contribution in [0.5, 0.6) is 5.88 Å². The molecule has 0 amide bonds. The number of pyridine rings is 1. The number of aromatic nitrogens is 1. The van der Waals surface area contributed by atoms with Gasteiger partial charge in [-0.15, -0.1) is 0 Å². The first-order chi connectivity index (χ1) is 9.43. The van der Waals surface area contributed by atoms with E-state index < -0.39 is 5.97 Å². The van der Waals surface area contributed by atoms with Crippen molar-refractivity contribution in [1.82, 2.24) is 4.98 Å². The van der Waals surface area contributed by atoms with Gasteiger partial charge in [0.05, 0.1) is 12.7 Å². The summed E-state index contributed by atoms with van der Waals surface area (Å²) in [6, 6.07) is 3.17. The number of rotatable bonds is 5. The number of carbonyl (C=O) groups excluding carboxylic acids is 1. The van der Waals surface area contributed by atoms with Crippen molar-refractivity contribution in [3.05, 3.63) is 59.0 Å². The van der Waals surface area contributed by atoms with Crippen molar-refractivity contribution in [2.24, 2.45) is 0 Å². The summed E-state index contributed by atoms with van der Waals surface area (Å²) in [4.78, 5) is 15.3. The summed E-state index contributed by atoms with van der Waals surface area (Å²) in [5.74, 6) is 0.557. The number of hydrogen-bond acceptors (Lipinski definition) is 4. The molecular formula is C15H16ClNO3. The highest BCUT2D eigenvalue weighted by molar-refractivity contribution is 6.31. The lowest BCUT2D eigenvalue weighted by molar-refractivity contribution is 0.0600. The number of halogens is 1. The lowest BCUT2D eigenvalue weighted by atomic mass is 10.3. The summed E-state index contributed by atoms with van der Waals surface area (Å²) in [7, 11) is 1.32. The summed E-state index contributed by atoms with van der Waals surface area (Å²) in [5, 5.41) is 0.557. The Hall–Kier alpha value is -2.07. The fourth-order valence-corrected chi connectivity index (χ4v) is 1.27. The van der Waals surface area contributed by atoms with Gasteiger partial charge in [-0.25, -0.2) is 9.78 Å². The number of methoxy groups -OCH3 is 1. The van der Waals surface area contributed by atoms with Gasteiger partial charge in [-0.2, -0.15) is 0 Å². The van der Waals surface area contributed by atoms with Gasteiger partial charge < -0.3 is 9.47 Å². The van der Waals surface area contributed by atoms with Crippen molar-refractivity contribution >= 4 is 17.6 Å². The van der Waals surface area contributed by atoms with Crippen LogP contribution in [-0.4, -0.2) is 18.1 Å². The van der Waals surface area contributed by atoms with Gasteiger partial charge in [0.15, 0.2) is 0 Å². The van der Waals surface area contributed by atoms with Crippen molar-refractivity contribution in [2.75, 3.05) is 7.11 Å². The van der Waals surface area contributed by atoms with Crippen LogP contribution in [0.1, 0.15) is 24.2 Å². The molecule has 0 spiro atoms. The van der Waals surface area contributed by atoms with Crippen molar-refractivity contribution in [3.8, 4) is 5.88 Å². The van der Waals surface area contributed by atoms with Gasteiger partial charge in [-0.1, -0.05) is 18.2 Å². The summed E-state index contributed by atoms with van der Waals surface area (Å²) in [6.45, 7) is 7.31. The van der Waals surface area contributed by atoms with Crippen LogP contribution in [0.3, 0.4) is 0 Å². The fourth-order valence-electron chi connectivity index (χ4n) is 1.21. The highest BCUT2D eigenvalue weighted by atomic mass is 35.5. The molecule has 1 aromatic rings. The van der Waals surface area contributed by atoms with E-state index in [1.54, 1.807) is 31.2 Å². The zero-order valence-electron chi connectivity index (χ0n) is 11.6. The number of ether oxygens (including phenoxy) is 2. The van der Waals surface area contributed by atoms with Crippen LogP contribution in [-0.2, 0) is 4.74 Å². The SMILES string of the molecule is C=C(C)/C(Cl)=C\C=C(/C)Oc1ccc(C(=O)OC)cn1. The van der Waals surface area contributed by atoms with Gasteiger partial charge in [0.1, 0.15) is 5.76 Å². The molecule has 0 N–H and O–H groups in total. The van der Waals surface area contributed by atoms with E-state index in [9.17, 15) is 4.79 Å². The molecule has 20 heavy (non-hydrogen) atoms. The minimum Gasteiger partial charge on any atom is -0.465 e. The minimum absolute atomic E-state index is 0.367. The van der Waals surface area contributed by atoms with Crippen molar-refractivity contribution in [1.29, 1.82) is 0 Å². The first-order valence-electron chi connectivity index (χ1n) is 5.86. The molecule has 0 aliphatic rings. The number of hydrogen-bond donors (Lipinski definition) is 0. The summed E-state index contributed by atoms with van der Waals surface area (Å²) in [5.41, 5.74) is 1.14. The number of carbonyl (C=O) groups is 1. The molecule has 0 aliphatic carbocycles. The quantitative estimate of drug-likeness (QED) is 0.470. The second-order valence-corrected chi connectivity index (χ2v) is 4.46. The zero-order chi connectivity index (χ0) is 15.1. The Morgan fingerprint density at radius 1 is 1.35 bits per heavy atom. The summed E-state index contributed by atoms with van der Waals surface area (Å²) >= 11 is 5.93. The minimum atomic E-state index is -0.438. The van der Waals surface area contributed by atoms with E-state index in [2.05, 4.69) is 16.3 Å². The van der Waals surface area contributed by atoms with Crippen LogP contribution < -0.4 is 4.74 Å². The van der Waals surface area contributed by atoms with Crippen LogP contribution >= 0.6 is 11.6 Å². The molecule has 0 saturated heterocycles. The average molecular weight is 294 g/mol. The van der Waals surface area contributed by atoms with Gasteiger partial charge in [-0.05, 0) is 37.6 Å². The zero-order valence-corrected chi connectivity index (χ0v) is 12.4. The third-order valence-electron chi connectivity index (χ3n) is 2.30. The predicted octanol–water partition coefficient (Wildman–Crippen LogP) is 3.85. The van der Waals surface area contributed by atoms with Crippen molar-refractivity contribution in [3.63, 3.8) is 0 Å². The van der Waals surface area contributed by atoms with E-state index in [1.807, 2.05) is 6.92 Å². The Morgan fingerprint density at radius 3 is 2.55 bits per heavy atom.